The normalized spacial score (nSPS) is 12.3. The quantitative estimate of drug-likeness (QED) is 0.640. The Morgan fingerprint density at radius 2 is 1.94 bits per heavy atom. The summed E-state index contributed by atoms with van der Waals surface area (Å²) in [5, 5.41) is 0. The number of sulfonamides is 1. The predicted octanol–water partition coefficient (Wildman–Crippen LogP) is 0.694. The monoisotopic (exact) mass is 293 g/mol. The Kier molecular flexibility index (Phi) is 4.25. The number of hydrogen-bond donors (Lipinski definition) is 1. The highest BCUT2D eigenvalue weighted by molar-refractivity contribution is 7.91. The van der Waals surface area contributed by atoms with Crippen molar-refractivity contribution < 1.29 is 21.2 Å². The minimum Gasteiger partial charge on any atom is -0.224 e. The molecule has 1 N–H and O–H groups in total. The SMILES string of the molecule is C=CCNS(=O)(=O)c1cc(S(C)(=O)=O)ccc1F. The molecule has 0 amide bonds. The number of rotatable bonds is 5. The van der Waals surface area contributed by atoms with E-state index in [0.29, 0.717) is 0 Å². The molecule has 0 saturated carbocycles. The Bertz CT molecular complexity index is 665. The lowest BCUT2D eigenvalue weighted by atomic mass is 10.3. The number of hydrogen-bond acceptors (Lipinski definition) is 4. The van der Waals surface area contributed by atoms with E-state index < -0.39 is 30.6 Å². The molecule has 5 nitrogen and oxygen atoms in total. The zero-order chi connectivity index (χ0) is 14.0. The largest absolute Gasteiger partial charge is 0.243 e. The summed E-state index contributed by atoms with van der Waals surface area (Å²) < 4.78 is 61.5. The standard InChI is InChI=1S/C10H12FNO4S2/c1-3-6-12-18(15,16)10-7-8(17(2,13)14)4-5-9(10)11/h3-5,7,12H,1,6H2,2H3. The van der Waals surface area contributed by atoms with E-state index in [1.54, 1.807) is 0 Å². The highest BCUT2D eigenvalue weighted by Crippen LogP contribution is 2.19. The molecule has 1 aromatic carbocycles. The van der Waals surface area contributed by atoms with Gasteiger partial charge in [0.1, 0.15) is 10.7 Å². The van der Waals surface area contributed by atoms with Gasteiger partial charge in [0.15, 0.2) is 9.84 Å². The van der Waals surface area contributed by atoms with Gasteiger partial charge >= 0.3 is 0 Å². The van der Waals surface area contributed by atoms with Gasteiger partial charge in [0.25, 0.3) is 0 Å². The molecule has 0 aliphatic rings. The van der Waals surface area contributed by atoms with Gasteiger partial charge in [-0.15, -0.1) is 6.58 Å². The number of benzene rings is 1. The highest BCUT2D eigenvalue weighted by Gasteiger charge is 2.21. The summed E-state index contributed by atoms with van der Waals surface area (Å²) in [6.45, 7) is 3.24. The molecule has 0 unspecified atom stereocenters. The van der Waals surface area contributed by atoms with E-state index in [0.717, 1.165) is 24.5 Å². The minimum absolute atomic E-state index is 0.0785. The van der Waals surface area contributed by atoms with Gasteiger partial charge in [-0.2, -0.15) is 0 Å². The fraction of sp³-hybridized carbons (Fsp3) is 0.200. The molecule has 0 aromatic heterocycles. The van der Waals surface area contributed by atoms with Crippen molar-refractivity contribution in [3.8, 4) is 0 Å². The van der Waals surface area contributed by atoms with Crippen molar-refractivity contribution in [2.45, 2.75) is 9.79 Å². The van der Waals surface area contributed by atoms with Gasteiger partial charge in [-0.05, 0) is 18.2 Å². The second-order valence-electron chi connectivity index (χ2n) is 3.50. The second-order valence-corrected chi connectivity index (χ2v) is 7.26. The molecule has 0 spiro atoms. The molecule has 1 aromatic rings. The zero-order valence-corrected chi connectivity index (χ0v) is 11.2. The van der Waals surface area contributed by atoms with E-state index >= 15 is 0 Å². The van der Waals surface area contributed by atoms with Gasteiger partial charge in [0.05, 0.1) is 4.90 Å². The smallest absolute Gasteiger partial charge is 0.224 e. The van der Waals surface area contributed by atoms with Gasteiger partial charge in [0, 0.05) is 12.8 Å². The predicted molar refractivity (Wildman–Crippen MR) is 64.9 cm³/mol. The van der Waals surface area contributed by atoms with Crippen LogP contribution in [0, 0.1) is 5.82 Å². The van der Waals surface area contributed by atoms with E-state index in [1.165, 1.54) is 6.08 Å². The molecule has 0 heterocycles. The Morgan fingerprint density at radius 1 is 1.33 bits per heavy atom. The molecule has 0 saturated heterocycles. The van der Waals surface area contributed by atoms with Gasteiger partial charge in [0.2, 0.25) is 10.0 Å². The van der Waals surface area contributed by atoms with Crippen molar-refractivity contribution in [1.82, 2.24) is 4.72 Å². The summed E-state index contributed by atoms with van der Waals surface area (Å²) in [5.74, 6) is -1.01. The molecule has 0 atom stereocenters. The topological polar surface area (TPSA) is 80.3 Å². The van der Waals surface area contributed by atoms with Crippen LogP contribution in [0.5, 0.6) is 0 Å². The van der Waals surface area contributed by atoms with Crippen LogP contribution in [0.3, 0.4) is 0 Å². The Morgan fingerprint density at radius 3 is 2.44 bits per heavy atom. The Labute approximate surface area is 105 Å². The van der Waals surface area contributed by atoms with Gasteiger partial charge in [-0.1, -0.05) is 6.08 Å². The molecule has 1 rings (SSSR count). The van der Waals surface area contributed by atoms with Crippen molar-refractivity contribution in [1.29, 1.82) is 0 Å². The van der Waals surface area contributed by atoms with Crippen LogP contribution in [0.15, 0.2) is 40.6 Å². The fourth-order valence-corrected chi connectivity index (χ4v) is 2.99. The third-order valence-electron chi connectivity index (χ3n) is 2.04. The fourth-order valence-electron chi connectivity index (χ4n) is 1.17. The van der Waals surface area contributed by atoms with Crippen LogP contribution in [-0.4, -0.2) is 29.6 Å². The van der Waals surface area contributed by atoms with Crippen molar-refractivity contribution in [2.24, 2.45) is 0 Å². The number of halogens is 1. The number of nitrogens with one attached hydrogen (secondary N) is 1. The first-order valence-corrected chi connectivity index (χ1v) is 8.16. The van der Waals surface area contributed by atoms with E-state index in [1.807, 2.05) is 0 Å². The Hall–Kier alpha value is -1.25. The highest BCUT2D eigenvalue weighted by atomic mass is 32.2. The van der Waals surface area contributed by atoms with Crippen LogP contribution >= 0.6 is 0 Å². The third-order valence-corrected chi connectivity index (χ3v) is 4.59. The van der Waals surface area contributed by atoms with Crippen LogP contribution in [-0.2, 0) is 19.9 Å². The van der Waals surface area contributed by atoms with Crippen molar-refractivity contribution in [2.75, 3.05) is 12.8 Å². The number of sulfone groups is 1. The van der Waals surface area contributed by atoms with Crippen LogP contribution < -0.4 is 4.72 Å². The molecule has 0 aliphatic carbocycles. The lowest BCUT2D eigenvalue weighted by Gasteiger charge is -2.07. The average molecular weight is 293 g/mol. The van der Waals surface area contributed by atoms with Gasteiger partial charge < -0.3 is 0 Å². The Balaban J connectivity index is 3.37. The molecule has 0 fully saturated rings. The lowest BCUT2D eigenvalue weighted by molar-refractivity contribution is 0.557. The van der Waals surface area contributed by atoms with E-state index in [-0.39, 0.29) is 11.4 Å². The first-order valence-electron chi connectivity index (χ1n) is 4.78. The van der Waals surface area contributed by atoms with Crippen LogP contribution in [0.4, 0.5) is 4.39 Å². The molecular formula is C10H12FNO4S2. The maximum Gasteiger partial charge on any atom is 0.243 e. The zero-order valence-electron chi connectivity index (χ0n) is 9.55. The van der Waals surface area contributed by atoms with Crippen molar-refractivity contribution >= 4 is 19.9 Å². The summed E-state index contributed by atoms with van der Waals surface area (Å²) in [6.07, 6.45) is 2.20. The van der Waals surface area contributed by atoms with Crippen molar-refractivity contribution in [3.05, 3.63) is 36.7 Å². The minimum atomic E-state index is -4.10. The average Bonchev–Trinajstić information content (AvgIpc) is 2.25. The maximum atomic E-state index is 13.4. The van der Waals surface area contributed by atoms with E-state index in [2.05, 4.69) is 11.3 Å². The summed E-state index contributed by atoms with van der Waals surface area (Å²) in [7, 11) is -7.70. The molecular weight excluding hydrogens is 281 g/mol. The van der Waals surface area contributed by atoms with Crippen LogP contribution in [0.2, 0.25) is 0 Å². The van der Waals surface area contributed by atoms with Gasteiger partial charge in [-0.25, -0.2) is 25.9 Å². The first-order chi connectivity index (χ1) is 8.18. The van der Waals surface area contributed by atoms with Crippen molar-refractivity contribution in [3.63, 3.8) is 0 Å². The summed E-state index contributed by atoms with van der Waals surface area (Å²) >= 11 is 0. The maximum absolute atomic E-state index is 13.4. The summed E-state index contributed by atoms with van der Waals surface area (Å²) in [4.78, 5) is -0.963. The molecule has 0 radical (unpaired) electrons. The summed E-state index contributed by atoms with van der Waals surface area (Å²) in [5.41, 5.74) is 0. The van der Waals surface area contributed by atoms with Crippen LogP contribution in [0.1, 0.15) is 0 Å². The molecule has 18 heavy (non-hydrogen) atoms. The van der Waals surface area contributed by atoms with Gasteiger partial charge in [-0.3, -0.25) is 0 Å². The molecule has 0 aliphatic heterocycles. The second kappa shape index (κ2) is 5.17. The van der Waals surface area contributed by atoms with E-state index in [4.69, 9.17) is 0 Å². The third kappa shape index (κ3) is 3.37. The molecule has 0 bridgehead atoms. The van der Waals surface area contributed by atoms with E-state index in [9.17, 15) is 21.2 Å². The van der Waals surface area contributed by atoms with Crippen LogP contribution in [0.25, 0.3) is 0 Å². The summed E-state index contributed by atoms with van der Waals surface area (Å²) in [6, 6.07) is 2.60. The first kappa shape index (κ1) is 14.8. The lowest BCUT2D eigenvalue weighted by Crippen LogP contribution is -2.24. The molecule has 8 heteroatoms. The molecule has 100 valence electrons.